The van der Waals surface area contributed by atoms with E-state index in [9.17, 15) is 9.59 Å². The van der Waals surface area contributed by atoms with Crippen molar-refractivity contribution in [2.45, 2.75) is 39.0 Å². The molecule has 1 N–H and O–H groups in total. The van der Waals surface area contributed by atoms with Crippen molar-refractivity contribution < 1.29 is 14.0 Å². The van der Waals surface area contributed by atoms with E-state index in [1.807, 2.05) is 78.2 Å². The van der Waals surface area contributed by atoms with E-state index in [1.165, 1.54) is 0 Å². The van der Waals surface area contributed by atoms with Crippen LogP contribution < -0.4 is 5.32 Å². The normalized spacial score (nSPS) is 18.1. The first-order chi connectivity index (χ1) is 15.5. The molecular weight excluding hydrogens is 404 g/mol. The number of para-hydroxylation sites is 2. The summed E-state index contributed by atoms with van der Waals surface area (Å²) in [4.78, 5) is 33.3. The molecule has 7 heteroatoms. The molecule has 0 bridgehead atoms. The summed E-state index contributed by atoms with van der Waals surface area (Å²) >= 11 is 0. The molecule has 162 valence electrons. The number of nitrogens with one attached hydrogen (secondary N) is 1. The highest BCUT2D eigenvalue weighted by molar-refractivity contribution is 6.01. The van der Waals surface area contributed by atoms with Crippen LogP contribution in [0.4, 0.5) is 0 Å². The fourth-order valence-electron chi connectivity index (χ4n) is 4.27. The lowest BCUT2D eigenvalue weighted by atomic mass is 9.94. The maximum absolute atomic E-state index is 13.6. The zero-order valence-corrected chi connectivity index (χ0v) is 18.0. The lowest BCUT2D eigenvalue weighted by molar-refractivity contribution is -0.133. The van der Waals surface area contributed by atoms with Gasteiger partial charge in [-0.2, -0.15) is 0 Å². The molecule has 0 saturated heterocycles. The van der Waals surface area contributed by atoms with Crippen LogP contribution in [-0.4, -0.2) is 31.8 Å². The monoisotopic (exact) mass is 428 g/mol. The number of amides is 2. The van der Waals surface area contributed by atoms with Gasteiger partial charge in [0.2, 0.25) is 5.91 Å². The molecule has 1 aliphatic heterocycles. The summed E-state index contributed by atoms with van der Waals surface area (Å²) in [7, 11) is 0. The minimum Gasteiger partial charge on any atom is -0.464 e. The Balaban J connectivity index is 1.53. The molecule has 32 heavy (non-hydrogen) atoms. The number of furan rings is 1. The molecule has 0 saturated carbocycles. The van der Waals surface area contributed by atoms with Crippen molar-refractivity contribution in [3.8, 4) is 0 Å². The highest BCUT2D eigenvalue weighted by atomic mass is 16.3. The zero-order chi connectivity index (χ0) is 22.3. The van der Waals surface area contributed by atoms with Gasteiger partial charge in [0.1, 0.15) is 17.1 Å². The maximum Gasteiger partial charge on any atom is 0.291 e. The van der Waals surface area contributed by atoms with Crippen LogP contribution in [0.1, 0.15) is 34.6 Å². The number of nitrogens with zero attached hydrogens (tertiary/aromatic N) is 3. The predicted molar refractivity (Wildman–Crippen MR) is 120 cm³/mol. The SMILES string of the molecule is Cc1ccc(CN2C(=O)c3nc4ccccc4n3CC2(C)C(=O)NCc2ccccc2)o1. The first kappa shape index (κ1) is 20.1. The van der Waals surface area contributed by atoms with Crippen LogP contribution in [0.5, 0.6) is 0 Å². The van der Waals surface area contributed by atoms with Crippen LogP contribution >= 0.6 is 0 Å². The number of hydrogen-bond acceptors (Lipinski definition) is 4. The molecule has 0 radical (unpaired) electrons. The Morgan fingerprint density at radius 2 is 1.84 bits per heavy atom. The molecule has 1 unspecified atom stereocenters. The summed E-state index contributed by atoms with van der Waals surface area (Å²) in [6.45, 7) is 4.53. The fourth-order valence-corrected chi connectivity index (χ4v) is 4.27. The smallest absolute Gasteiger partial charge is 0.291 e. The molecule has 1 aliphatic rings. The van der Waals surface area contributed by atoms with E-state index in [4.69, 9.17) is 4.42 Å². The summed E-state index contributed by atoms with van der Waals surface area (Å²) in [5.41, 5.74) is 1.45. The van der Waals surface area contributed by atoms with Gasteiger partial charge in [0.05, 0.1) is 24.1 Å². The molecule has 2 amide bonds. The Labute approximate surface area is 185 Å². The lowest BCUT2D eigenvalue weighted by Gasteiger charge is -2.43. The van der Waals surface area contributed by atoms with Crippen molar-refractivity contribution >= 4 is 22.8 Å². The number of carbonyl (C=O) groups excluding carboxylic acids is 2. The number of fused-ring (bicyclic) bond motifs is 3. The second-order valence-corrected chi connectivity index (χ2v) is 8.36. The molecule has 2 aromatic heterocycles. The van der Waals surface area contributed by atoms with Gasteiger partial charge in [-0.05, 0) is 43.7 Å². The summed E-state index contributed by atoms with van der Waals surface area (Å²) in [5.74, 6) is 1.21. The van der Waals surface area contributed by atoms with Crippen LogP contribution in [0.3, 0.4) is 0 Å². The lowest BCUT2D eigenvalue weighted by Crippen LogP contribution is -2.63. The van der Waals surface area contributed by atoms with E-state index < -0.39 is 5.54 Å². The minimum absolute atomic E-state index is 0.186. The Bertz CT molecular complexity index is 1310. The number of imidazole rings is 1. The van der Waals surface area contributed by atoms with Gasteiger partial charge in [0.15, 0.2) is 5.82 Å². The molecule has 0 fully saturated rings. The van der Waals surface area contributed by atoms with Gasteiger partial charge in [0, 0.05) is 6.54 Å². The molecule has 2 aromatic carbocycles. The third kappa shape index (κ3) is 3.36. The van der Waals surface area contributed by atoms with Gasteiger partial charge in [-0.1, -0.05) is 42.5 Å². The van der Waals surface area contributed by atoms with Crippen molar-refractivity contribution in [1.82, 2.24) is 19.8 Å². The number of benzene rings is 2. The number of aromatic nitrogens is 2. The Morgan fingerprint density at radius 3 is 2.59 bits per heavy atom. The largest absolute Gasteiger partial charge is 0.464 e. The predicted octanol–water partition coefficient (Wildman–Crippen LogP) is 3.67. The van der Waals surface area contributed by atoms with E-state index in [-0.39, 0.29) is 18.4 Å². The average molecular weight is 428 g/mol. The number of aryl methyl sites for hydroxylation is 1. The Hall–Kier alpha value is -3.87. The van der Waals surface area contributed by atoms with Gasteiger partial charge in [0.25, 0.3) is 5.91 Å². The first-order valence-corrected chi connectivity index (χ1v) is 10.6. The molecule has 3 heterocycles. The summed E-state index contributed by atoms with van der Waals surface area (Å²) in [6.07, 6.45) is 0. The van der Waals surface area contributed by atoms with E-state index in [1.54, 1.807) is 11.8 Å². The van der Waals surface area contributed by atoms with Crippen molar-refractivity contribution in [3.63, 3.8) is 0 Å². The molecule has 0 spiro atoms. The van der Waals surface area contributed by atoms with Crippen molar-refractivity contribution in [2.24, 2.45) is 0 Å². The van der Waals surface area contributed by atoms with Gasteiger partial charge >= 0.3 is 0 Å². The second kappa shape index (κ2) is 7.67. The minimum atomic E-state index is -1.12. The molecule has 4 aromatic rings. The molecular formula is C25H24N4O3. The number of carbonyl (C=O) groups is 2. The van der Waals surface area contributed by atoms with Crippen LogP contribution in [0.25, 0.3) is 11.0 Å². The number of rotatable bonds is 5. The van der Waals surface area contributed by atoms with Gasteiger partial charge < -0.3 is 19.2 Å². The van der Waals surface area contributed by atoms with Crippen molar-refractivity contribution in [3.05, 3.63) is 89.6 Å². The van der Waals surface area contributed by atoms with E-state index in [0.29, 0.717) is 24.7 Å². The van der Waals surface area contributed by atoms with E-state index >= 15 is 0 Å². The first-order valence-electron chi connectivity index (χ1n) is 10.6. The van der Waals surface area contributed by atoms with E-state index in [2.05, 4.69) is 10.3 Å². The van der Waals surface area contributed by atoms with Crippen LogP contribution in [-0.2, 0) is 24.4 Å². The van der Waals surface area contributed by atoms with Crippen molar-refractivity contribution in [2.75, 3.05) is 0 Å². The Morgan fingerprint density at radius 1 is 1.09 bits per heavy atom. The molecule has 1 atom stereocenters. The van der Waals surface area contributed by atoms with E-state index in [0.717, 1.165) is 22.4 Å². The highest BCUT2D eigenvalue weighted by Gasteiger charge is 2.48. The van der Waals surface area contributed by atoms with Gasteiger partial charge in [-0.25, -0.2) is 4.98 Å². The van der Waals surface area contributed by atoms with Crippen LogP contribution in [0, 0.1) is 6.92 Å². The topological polar surface area (TPSA) is 80.4 Å². The summed E-state index contributed by atoms with van der Waals surface area (Å²) < 4.78 is 7.58. The average Bonchev–Trinajstić information content (AvgIpc) is 3.39. The quantitative estimate of drug-likeness (QED) is 0.526. The van der Waals surface area contributed by atoms with Crippen LogP contribution in [0.15, 0.2) is 71.1 Å². The molecule has 7 nitrogen and oxygen atoms in total. The van der Waals surface area contributed by atoms with Crippen molar-refractivity contribution in [1.29, 1.82) is 0 Å². The molecule has 0 aliphatic carbocycles. The maximum atomic E-state index is 13.6. The molecule has 5 rings (SSSR count). The highest BCUT2D eigenvalue weighted by Crippen LogP contribution is 2.32. The van der Waals surface area contributed by atoms with Gasteiger partial charge in [-0.15, -0.1) is 0 Å². The fraction of sp³-hybridized carbons (Fsp3) is 0.240. The third-order valence-electron chi connectivity index (χ3n) is 6.05. The second-order valence-electron chi connectivity index (χ2n) is 8.36. The Kier molecular flexibility index (Phi) is 4.81. The zero-order valence-electron chi connectivity index (χ0n) is 18.0. The van der Waals surface area contributed by atoms with Gasteiger partial charge in [-0.3, -0.25) is 9.59 Å². The summed E-state index contributed by atoms with van der Waals surface area (Å²) in [6, 6.07) is 21.0. The third-order valence-corrected chi connectivity index (χ3v) is 6.05. The van der Waals surface area contributed by atoms with Crippen LogP contribution in [0.2, 0.25) is 0 Å². The number of hydrogen-bond donors (Lipinski definition) is 1. The standard InChI is InChI=1S/C25H24N4O3/c1-17-12-13-19(32-17)15-29-23(30)22-27-20-10-6-7-11-21(20)28(22)16-25(29,2)24(31)26-14-18-8-4-3-5-9-18/h3-13H,14-16H2,1-2H3,(H,26,31). The summed E-state index contributed by atoms with van der Waals surface area (Å²) in [5, 5.41) is 3.02.